The molecule has 1 aromatic rings. The van der Waals surface area contributed by atoms with E-state index < -0.39 is 10.0 Å². The second-order valence-corrected chi connectivity index (χ2v) is 7.86. The van der Waals surface area contributed by atoms with Crippen LogP contribution in [0.15, 0.2) is 23.1 Å². The average Bonchev–Trinajstić information content (AvgIpc) is 2.54. The quantitative estimate of drug-likeness (QED) is 0.770. The molecule has 3 nitrogen and oxygen atoms in total. The summed E-state index contributed by atoms with van der Waals surface area (Å²) in [5.41, 5.74) is 1.73. The van der Waals surface area contributed by atoms with Crippen molar-refractivity contribution in [2.24, 2.45) is 5.92 Å². The van der Waals surface area contributed by atoms with Crippen LogP contribution in [-0.4, -0.2) is 25.8 Å². The Hall–Kier alpha value is -0.580. The lowest BCUT2D eigenvalue weighted by molar-refractivity contribution is 0.269. The predicted molar refractivity (Wildman–Crippen MR) is 87.2 cm³/mol. The molecule has 0 N–H and O–H groups in total. The van der Waals surface area contributed by atoms with E-state index in [4.69, 9.17) is 11.6 Å². The van der Waals surface area contributed by atoms with Crippen LogP contribution in [0.1, 0.15) is 44.2 Å². The van der Waals surface area contributed by atoms with Crippen LogP contribution in [0.2, 0.25) is 0 Å². The summed E-state index contributed by atoms with van der Waals surface area (Å²) in [5, 5.41) is 0. The first-order chi connectivity index (χ1) is 10.0. The molecule has 0 aliphatic carbocycles. The molecule has 118 valence electrons. The summed E-state index contributed by atoms with van der Waals surface area (Å²) < 4.78 is 27.5. The number of piperidine rings is 1. The van der Waals surface area contributed by atoms with Crippen molar-refractivity contribution in [2.45, 2.75) is 50.3 Å². The van der Waals surface area contributed by atoms with Crippen molar-refractivity contribution in [3.8, 4) is 0 Å². The van der Waals surface area contributed by atoms with Gasteiger partial charge in [0.1, 0.15) is 0 Å². The van der Waals surface area contributed by atoms with Crippen LogP contribution < -0.4 is 0 Å². The fraction of sp³-hybridized carbons (Fsp3) is 0.625. The second kappa shape index (κ2) is 7.12. The standard InChI is InChI=1S/C16H24ClNO2S/c1-3-13-7-9-18(10-8-13)21(19,20)16-11-14(12-17)5-6-15(16)4-2/h5-6,11,13H,3-4,7-10,12H2,1-2H3. The molecule has 1 saturated heterocycles. The van der Waals surface area contributed by atoms with Gasteiger partial charge in [-0.15, -0.1) is 11.6 Å². The topological polar surface area (TPSA) is 37.4 Å². The van der Waals surface area contributed by atoms with Gasteiger partial charge in [-0.1, -0.05) is 32.4 Å². The maximum atomic E-state index is 12.9. The van der Waals surface area contributed by atoms with E-state index in [0.29, 0.717) is 36.2 Å². The van der Waals surface area contributed by atoms with Crippen molar-refractivity contribution in [1.29, 1.82) is 0 Å². The van der Waals surface area contributed by atoms with E-state index in [1.807, 2.05) is 19.1 Å². The third kappa shape index (κ3) is 3.61. The maximum absolute atomic E-state index is 12.9. The Bertz CT molecular complexity index is 578. The zero-order valence-corrected chi connectivity index (χ0v) is 14.4. The van der Waals surface area contributed by atoms with Gasteiger partial charge < -0.3 is 0 Å². The lowest BCUT2D eigenvalue weighted by Crippen LogP contribution is -2.38. The average molecular weight is 330 g/mol. The molecule has 0 spiro atoms. The molecule has 0 amide bonds. The Morgan fingerprint density at radius 2 is 1.90 bits per heavy atom. The largest absolute Gasteiger partial charge is 0.243 e. The van der Waals surface area contributed by atoms with Gasteiger partial charge in [0.05, 0.1) is 4.90 Å². The molecule has 0 saturated carbocycles. The number of rotatable bonds is 5. The molecular formula is C16H24ClNO2S. The highest BCUT2D eigenvalue weighted by molar-refractivity contribution is 7.89. The minimum Gasteiger partial charge on any atom is -0.207 e. The van der Waals surface area contributed by atoms with Crippen LogP contribution >= 0.6 is 11.6 Å². The smallest absolute Gasteiger partial charge is 0.207 e. The first kappa shape index (κ1) is 16.8. The summed E-state index contributed by atoms with van der Waals surface area (Å²) in [4.78, 5) is 0.443. The lowest BCUT2D eigenvalue weighted by Gasteiger charge is -2.31. The Morgan fingerprint density at radius 1 is 1.24 bits per heavy atom. The summed E-state index contributed by atoms with van der Waals surface area (Å²) >= 11 is 5.86. The van der Waals surface area contributed by atoms with Crippen LogP contribution in [0.3, 0.4) is 0 Å². The van der Waals surface area contributed by atoms with Gasteiger partial charge in [0.25, 0.3) is 0 Å². The monoisotopic (exact) mass is 329 g/mol. The van der Waals surface area contributed by atoms with E-state index >= 15 is 0 Å². The van der Waals surface area contributed by atoms with Gasteiger partial charge in [-0.05, 0) is 42.4 Å². The molecule has 0 unspecified atom stereocenters. The number of aryl methyl sites for hydroxylation is 1. The van der Waals surface area contributed by atoms with Crippen LogP contribution in [0.25, 0.3) is 0 Å². The number of nitrogens with zero attached hydrogens (tertiary/aromatic N) is 1. The molecule has 0 aromatic heterocycles. The zero-order valence-electron chi connectivity index (χ0n) is 12.8. The molecule has 0 bridgehead atoms. The van der Waals surface area contributed by atoms with E-state index in [-0.39, 0.29) is 0 Å². The van der Waals surface area contributed by atoms with Gasteiger partial charge >= 0.3 is 0 Å². The molecule has 21 heavy (non-hydrogen) atoms. The molecular weight excluding hydrogens is 306 g/mol. The Labute approximate surface area is 133 Å². The van der Waals surface area contributed by atoms with Crippen LogP contribution in [0.5, 0.6) is 0 Å². The van der Waals surface area contributed by atoms with E-state index in [1.54, 1.807) is 10.4 Å². The van der Waals surface area contributed by atoms with E-state index in [2.05, 4.69) is 6.92 Å². The molecule has 1 heterocycles. The fourth-order valence-corrected chi connectivity index (χ4v) is 4.89. The first-order valence-electron chi connectivity index (χ1n) is 7.70. The lowest BCUT2D eigenvalue weighted by atomic mass is 9.96. The van der Waals surface area contributed by atoms with Gasteiger partial charge in [0.2, 0.25) is 10.0 Å². The van der Waals surface area contributed by atoms with E-state index in [1.165, 1.54) is 0 Å². The minimum absolute atomic E-state index is 0.338. The normalized spacial score (nSPS) is 18.0. The molecule has 5 heteroatoms. The molecule has 1 aromatic carbocycles. The van der Waals surface area contributed by atoms with Crippen LogP contribution in [0, 0.1) is 5.92 Å². The number of halogens is 1. The SMILES string of the molecule is CCc1ccc(CCl)cc1S(=O)(=O)N1CCC(CC)CC1. The van der Waals surface area contributed by atoms with Crippen molar-refractivity contribution in [2.75, 3.05) is 13.1 Å². The van der Waals surface area contributed by atoms with Gasteiger partial charge in [0, 0.05) is 19.0 Å². The summed E-state index contributed by atoms with van der Waals surface area (Å²) in [6, 6.07) is 5.55. The minimum atomic E-state index is -3.39. The summed E-state index contributed by atoms with van der Waals surface area (Å²) in [7, 11) is -3.39. The van der Waals surface area contributed by atoms with Crippen molar-refractivity contribution in [1.82, 2.24) is 4.31 Å². The third-order valence-corrected chi connectivity index (χ3v) is 6.72. The number of alkyl halides is 1. The molecule has 1 aliphatic heterocycles. The summed E-state index contributed by atoms with van der Waals surface area (Å²) in [6.07, 6.45) is 3.77. The third-order valence-electron chi connectivity index (χ3n) is 4.44. The zero-order chi connectivity index (χ0) is 15.5. The van der Waals surface area contributed by atoms with E-state index in [9.17, 15) is 8.42 Å². The van der Waals surface area contributed by atoms with Gasteiger partial charge in [0.15, 0.2) is 0 Å². The van der Waals surface area contributed by atoms with Crippen molar-refractivity contribution < 1.29 is 8.42 Å². The van der Waals surface area contributed by atoms with Crippen LogP contribution in [0.4, 0.5) is 0 Å². The van der Waals surface area contributed by atoms with Gasteiger partial charge in [-0.2, -0.15) is 4.31 Å². The van der Waals surface area contributed by atoms with Crippen molar-refractivity contribution >= 4 is 21.6 Å². The number of hydrogen-bond donors (Lipinski definition) is 0. The highest BCUT2D eigenvalue weighted by atomic mass is 35.5. The Morgan fingerprint density at radius 3 is 2.43 bits per heavy atom. The molecule has 2 rings (SSSR count). The number of benzene rings is 1. The number of hydrogen-bond acceptors (Lipinski definition) is 2. The van der Waals surface area contributed by atoms with Gasteiger partial charge in [-0.25, -0.2) is 8.42 Å². The van der Waals surface area contributed by atoms with Gasteiger partial charge in [-0.3, -0.25) is 0 Å². The highest BCUT2D eigenvalue weighted by Crippen LogP contribution is 2.28. The van der Waals surface area contributed by atoms with E-state index in [0.717, 1.165) is 30.4 Å². The first-order valence-corrected chi connectivity index (χ1v) is 9.68. The predicted octanol–water partition coefficient (Wildman–Crippen LogP) is 3.80. The van der Waals surface area contributed by atoms with Crippen molar-refractivity contribution in [3.05, 3.63) is 29.3 Å². The Balaban J connectivity index is 2.31. The Kier molecular flexibility index (Phi) is 5.69. The molecule has 0 atom stereocenters. The fourth-order valence-electron chi connectivity index (χ4n) is 2.91. The maximum Gasteiger partial charge on any atom is 0.243 e. The summed E-state index contributed by atoms with van der Waals surface area (Å²) in [5.74, 6) is 1.00. The summed E-state index contributed by atoms with van der Waals surface area (Å²) in [6.45, 7) is 5.43. The second-order valence-electron chi connectivity index (χ2n) is 5.68. The molecule has 1 aliphatic rings. The highest BCUT2D eigenvalue weighted by Gasteiger charge is 2.30. The molecule has 0 radical (unpaired) electrons. The molecule has 1 fully saturated rings. The number of sulfonamides is 1. The van der Waals surface area contributed by atoms with Crippen LogP contribution in [-0.2, 0) is 22.3 Å². The van der Waals surface area contributed by atoms with Crippen molar-refractivity contribution in [3.63, 3.8) is 0 Å².